The van der Waals surface area contributed by atoms with Crippen molar-refractivity contribution in [3.05, 3.63) is 53.7 Å². The van der Waals surface area contributed by atoms with Crippen molar-refractivity contribution < 1.29 is 17.7 Å². The summed E-state index contributed by atoms with van der Waals surface area (Å²) in [5.41, 5.74) is 0.826. The molecule has 0 radical (unpaired) electrons. The topological polar surface area (TPSA) is 60.0 Å². The highest BCUT2D eigenvalue weighted by atomic mass is 19.4. The molecule has 6 nitrogen and oxygen atoms in total. The minimum Gasteiger partial charge on any atom is -0.338 e. The zero-order valence-electron chi connectivity index (χ0n) is 15.2. The first kappa shape index (κ1) is 19.1. The van der Waals surface area contributed by atoms with Gasteiger partial charge in [0.25, 0.3) is 0 Å². The van der Waals surface area contributed by atoms with Crippen molar-refractivity contribution in [2.24, 2.45) is 7.05 Å². The Morgan fingerprint density at radius 2 is 1.85 bits per heavy atom. The summed E-state index contributed by atoms with van der Waals surface area (Å²) in [5.74, 6) is 0.672. The fourth-order valence-corrected chi connectivity index (χ4v) is 2.63. The molecular formula is C18H20F3N5O. The second-order valence-electron chi connectivity index (χ2n) is 6.61. The summed E-state index contributed by atoms with van der Waals surface area (Å²) in [6, 6.07) is 4.93. The molecule has 0 saturated heterocycles. The van der Waals surface area contributed by atoms with Gasteiger partial charge in [-0.3, -0.25) is 9.58 Å². The SMILES string of the molecule is CC(C)N(Cc1cnn(C)c1)Cc1nc(-c2ccc(C(F)(F)F)cc2)no1. The number of hydrogen-bond acceptors (Lipinski definition) is 5. The Balaban J connectivity index is 1.72. The molecule has 0 aliphatic carbocycles. The molecule has 3 rings (SSSR count). The van der Waals surface area contributed by atoms with Crippen LogP contribution in [0.3, 0.4) is 0 Å². The molecule has 0 fully saturated rings. The van der Waals surface area contributed by atoms with Crippen LogP contribution in [0.5, 0.6) is 0 Å². The van der Waals surface area contributed by atoms with E-state index in [2.05, 4.69) is 34.0 Å². The van der Waals surface area contributed by atoms with E-state index >= 15 is 0 Å². The zero-order chi connectivity index (χ0) is 19.6. The van der Waals surface area contributed by atoms with Crippen LogP contribution in [-0.4, -0.2) is 30.9 Å². The lowest BCUT2D eigenvalue weighted by Crippen LogP contribution is -2.29. The molecule has 0 saturated carbocycles. The molecule has 2 heterocycles. The molecule has 1 aromatic carbocycles. The minimum absolute atomic E-state index is 0.228. The molecule has 0 bridgehead atoms. The normalized spacial score (nSPS) is 12.3. The van der Waals surface area contributed by atoms with E-state index in [1.54, 1.807) is 10.9 Å². The summed E-state index contributed by atoms with van der Waals surface area (Å²) in [7, 11) is 1.86. The first-order chi connectivity index (χ1) is 12.7. The van der Waals surface area contributed by atoms with E-state index in [0.717, 1.165) is 17.7 Å². The minimum atomic E-state index is -4.37. The number of hydrogen-bond donors (Lipinski definition) is 0. The van der Waals surface area contributed by atoms with Gasteiger partial charge in [0.1, 0.15) is 0 Å². The van der Waals surface area contributed by atoms with Gasteiger partial charge in [0, 0.05) is 37.0 Å². The molecule has 0 unspecified atom stereocenters. The molecule has 0 atom stereocenters. The Hall–Kier alpha value is -2.68. The third kappa shape index (κ3) is 4.73. The van der Waals surface area contributed by atoms with Crippen LogP contribution in [0.4, 0.5) is 13.2 Å². The van der Waals surface area contributed by atoms with E-state index in [4.69, 9.17) is 4.52 Å². The molecule has 144 valence electrons. The highest BCUT2D eigenvalue weighted by Gasteiger charge is 2.30. The summed E-state index contributed by atoms with van der Waals surface area (Å²) >= 11 is 0. The van der Waals surface area contributed by atoms with E-state index in [1.807, 2.05) is 13.2 Å². The molecule has 0 aliphatic rings. The predicted octanol–water partition coefficient (Wildman–Crippen LogP) is 3.90. The lowest BCUT2D eigenvalue weighted by atomic mass is 10.1. The van der Waals surface area contributed by atoms with Gasteiger partial charge in [-0.25, -0.2) is 0 Å². The van der Waals surface area contributed by atoms with Crippen molar-refractivity contribution in [3.8, 4) is 11.4 Å². The standard InChI is InChI=1S/C18H20F3N5O/c1-12(2)26(10-13-8-22-25(3)9-13)11-16-23-17(24-27-16)14-4-6-15(7-5-14)18(19,20)21/h4-9,12H,10-11H2,1-3H3. The first-order valence-corrected chi connectivity index (χ1v) is 8.44. The van der Waals surface area contributed by atoms with Crippen LogP contribution in [0, 0.1) is 0 Å². The largest absolute Gasteiger partial charge is 0.416 e. The van der Waals surface area contributed by atoms with Crippen LogP contribution in [0.15, 0.2) is 41.2 Å². The number of alkyl halides is 3. The highest BCUT2D eigenvalue weighted by molar-refractivity contribution is 5.54. The van der Waals surface area contributed by atoms with Crippen LogP contribution in [-0.2, 0) is 26.3 Å². The van der Waals surface area contributed by atoms with Gasteiger partial charge in [0.2, 0.25) is 11.7 Å². The van der Waals surface area contributed by atoms with E-state index < -0.39 is 11.7 Å². The summed E-state index contributed by atoms with van der Waals surface area (Å²) in [5, 5.41) is 8.05. The van der Waals surface area contributed by atoms with E-state index in [0.29, 0.717) is 24.5 Å². The van der Waals surface area contributed by atoms with Gasteiger partial charge in [-0.15, -0.1) is 0 Å². The number of benzene rings is 1. The summed E-state index contributed by atoms with van der Waals surface area (Å²) in [4.78, 5) is 6.46. The second kappa shape index (κ2) is 7.51. The molecule has 0 spiro atoms. The average Bonchev–Trinajstić information content (AvgIpc) is 3.23. The number of rotatable bonds is 6. The lowest BCUT2D eigenvalue weighted by Gasteiger charge is -2.23. The third-order valence-electron chi connectivity index (χ3n) is 4.15. The quantitative estimate of drug-likeness (QED) is 0.650. The summed E-state index contributed by atoms with van der Waals surface area (Å²) in [6.45, 7) is 5.22. The van der Waals surface area contributed by atoms with Crippen LogP contribution in [0.25, 0.3) is 11.4 Å². The fraction of sp³-hybridized carbons (Fsp3) is 0.389. The van der Waals surface area contributed by atoms with Gasteiger partial charge in [-0.1, -0.05) is 17.3 Å². The zero-order valence-corrected chi connectivity index (χ0v) is 15.2. The van der Waals surface area contributed by atoms with E-state index in [-0.39, 0.29) is 11.9 Å². The number of halogens is 3. The molecule has 3 aromatic rings. The van der Waals surface area contributed by atoms with Crippen molar-refractivity contribution in [2.75, 3.05) is 0 Å². The fourth-order valence-electron chi connectivity index (χ4n) is 2.63. The Morgan fingerprint density at radius 1 is 1.15 bits per heavy atom. The van der Waals surface area contributed by atoms with Gasteiger partial charge in [0.15, 0.2) is 0 Å². The van der Waals surface area contributed by atoms with Crippen LogP contribution in [0.2, 0.25) is 0 Å². The maximum Gasteiger partial charge on any atom is 0.416 e. The van der Waals surface area contributed by atoms with Gasteiger partial charge >= 0.3 is 6.18 Å². The molecule has 0 amide bonds. The summed E-state index contributed by atoms with van der Waals surface area (Å²) in [6.07, 6.45) is -0.626. The van der Waals surface area contributed by atoms with Crippen molar-refractivity contribution in [3.63, 3.8) is 0 Å². The Bertz CT molecular complexity index is 883. The Kier molecular flexibility index (Phi) is 5.31. The third-order valence-corrected chi connectivity index (χ3v) is 4.15. The van der Waals surface area contributed by atoms with Crippen LogP contribution >= 0.6 is 0 Å². The average molecular weight is 379 g/mol. The Morgan fingerprint density at radius 3 is 2.41 bits per heavy atom. The van der Waals surface area contributed by atoms with E-state index in [9.17, 15) is 13.2 Å². The second-order valence-corrected chi connectivity index (χ2v) is 6.61. The monoisotopic (exact) mass is 379 g/mol. The molecule has 2 aromatic heterocycles. The maximum absolute atomic E-state index is 12.7. The number of aryl methyl sites for hydroxylation is 1. The van der Waals surface area contributed by atoms with Crippen LogP contribution < -0.4 is 0 Å². The van der Waals surface area contributed by atoms with Gasteiger partial charge in [0.05, 0.1) is 18.3 Å². The highest BCUT2D eigenvalue weighted by Crippen LogP contribution is 2.30. The predicted molar refractivity (Wildman–Crippen MR) is 92.3 cm³/mol. The van der Waals surface area contributed by atoms with Crippen LogP contribution in [0.1, 0.15) is 30.9 Å². The molecule has 9 heteroatoms. The van der Waals surface area contributed by atoms with Gasteiger partial charge in [-0.2, -0.15) is 23.3 Å². The first-order valence-electron chi connectivity index (χ1n) is 8.44. The summed E-state index contributed by atoms with van der Waals surface area (Å²) < 4.78 is 45.0. The smallest absolute Gasteiger partial charge is 0.338 e. The van der Waals surface area contributed by atoms with Gasteiger partial charge < -0.3 is 4.52 Å². The van der Waals surface area contributed by atoms with Crippen molar-refractivity contribution in [1.29, 1.82) is 0 Å². The van der Waals surface area contributed by atoms with Crippen molar-refractivity contribution in [1.82, 2.24) is 24.8 Å². The molecule has 27 heavy (non-hydrogen) atoms. The van der Waals surface area contributed by atoms with Gasteiger partial charge in [-0.05, 0) is 26.0 Å². The molecule has 0 N–H and O–H groups in total. The Labute approximate surface area is 154 Å². The molecular weight excluding hydrogens is 359 g/mol. The maximum atomic E-state index is 12.7. The van der Waals surface area contributed by atoms with E-state index in [1.165, 1.54) is 12.1 Å². The van der Waals surface area contributed by atoms with Crippen molar-refractivity contribution >= 4 is 0 Å². The number of aromatic nitrogens is 4. The van der Waals surface area contributed by atoms with Crippen molar-refractivity contribution in [2.45, 2.75) is 39.2 Å². The molecule has 0 aliphatic heterocycles. The number of nitrogens with zero attached hydrogens (tertiary/aromatic N) is 5. The lowest BCUT2D eigenvalue weighted by molar-refractivity contribution is -0.137.